The Kier molecular flexibility index (Phi) is 5.71. The SMILES string of the molecule is COC1CC(C(=O)O)N(C(=O)C2CCN(Cc3ccccc3)CC2)C1. The highest BCUT2D eigenvalue weighted by Gasteiger charge is 2.42. The Balaban J connectivity index is 1.55. The molecule has 1 aromatic rings. The van der Waals surface area contributed by atoms with Crippen molar-refractivity contribution in [1.29, 1.82) is 0 Å². The molecule has 2 saturated heterocycles. The van der Waals surface area contributed by atoms with E-state index in [2.05, 4.69) is 17.0 Å². The smallest absolute Gasteiger partial charge is 0.326 e. The van der Waals surface area contributed by atoms with Crippen LogP contribution in [-0.4, -0.2) is 65.7 Å². The lowest BCUT2D eigenvalue weighted by Gasteiger charge is -2.34. The maximum absolute atomic E-state index is 12.8. The molecule has 0 aromatic heterocycles. The molecule has 2 fully saturated rings. The topological polar surface area (TPSA) is 70.1 Å². The lowest BCUT2D eigenvalue weighted by molar-refractivity contribution is -0.150. The Morgan fingerprint density at radius 1 is 1.20 bits per heavy atom. The number of carbonyl (C=O) groups excluding carboxylic acids is 1. The second kappa shape index (κ2) is 7.97. The number of rotatable bonds is 5. The van der Waals surface area contributed by atoms with Gasteiger partial charge in [0.1, 0.15) is 6.04 Å². The molecule has 6 nitrogen and oxygen atoms in total. The fraction of sp³-hybridized carbons (Fsp3) is 0.579. The molecular formula is C19H26N2O4. The van der Waals surface area contributed by atoms with Crippen LogP contribution in [0.3, 0.4) is 0 Å². The molecule has 2 atom stereocenters. The van der Waals surface area contributed by atoms with E-state index >= 15 is 0 Å². The molecule has 1 aromatic carbocycles. The number of benzene rings is 1. The van der Waals surface area contributed by atoms with E-state index in [0.717, 1.165) is 32.5 Å². The fourth-order valence-electron chi connectivity index (χ4n) is 3.86. The molecule has 2 unspecified atom stereocenters. The molecule has 0 bridgehead atoms. The van der Waals surface area contributed by atoms with Gasteiger partial charge in [-0.1, -0.05) is 30.3 Å². The molecule has 0 saturated carbocycles. The minimum atomic E-state index is -0.936. The number of hydrogen-bond acceptors (Lipinski definition) is 4. The summed E-state index contributed by atoms with van der Waals surface area (Å²) in [5.74, 6) is -1.04. The van der Waals surface area contributed by atoms with Crippen molar-refractivity contribution in [3.05, 3.63) is 35.9 Å². The van der Waals surface area contributed by atoms with Gasteiger partial charge in [-0.05, 0) is 31.5 Å². The molecule has 3 rings (SSSR count). The van der Waals surface area contributed by atoms with E-state index in [-0.39, 0.29) is 17.9 Å². The average Bonchev–Trinajstić information content (AvgIpc) is 3.07. The van der Waals surface area contributed by atoms with Crippen LogP contribution in [0.1, 0.15) is 24.8 Å². The van der Waals surface area contributed by atoms with Gasteiger partial charge >= 0.3 is 5.97 Å². The van der Waals surface area contributed by atoms with Gasteiger partial charge in [0.25, 0.3) is 0 Å². The van der Waals surface area contributed by atoms with Gasteiger partial charge in [-0.25, -0.2) is 4.79 Å². The van der Waals surface area contributed by atoms with E-state index in [1.807, 2.05) is 18.2 Å². The molecule has 6 heteroatoms. The summed E-state index contributed by atoms with van der Waals surface area (Å²) in [7, 11) is 1.57. The average molecular weight is 346 g/mol. The van der Waals surface area contributed by atoms with E-state index in [9.17, 15) is 14.7 Å². The molecule has 2 aliphatic rings. The number of aliphatic carboxylic acids is 1. The van der Waals surface area contributed by atoms with E-state index in [1.165, 1.54) is 10.5 Å². The molecule has 0 spiro atoms. The number of methoxy groups -OCH3 is 1. The van der Waals surface area contributed by atoms with Crippen LogP contribution in [0, 0.1) is 5.92 Å². The van der Waals surface area contributed by atoms with Gasteiger partial charge in [-0.2, -0.15) is 0 Å². The summed E-state index contributed by atoms with van der Waals surface area (Å²) in [6, 6.07) is 9.57. The number of hydrogen-bond donors (Lipinski definition) is 1. The molecular weight excluding hydrogens is 320 g/mol. The van der Waals surface area contributed by atoms with Crippen molar-refractivity contribution in [3.63, 3.8) is 0 Å². The second-order valence-electron chi connectivity index (χ2n) is 6.97. The van der Waals surface area contributed by atoms with Crippen LogP contribution in [-0.2, 0) is 20.9 Å². The minimum absolute atomic E-state index is 0.0219. The van der Waals surface area contributed by atoms with Crippen LogP contribution in [0.5, 0.6) is 0 Å². The third kappa shape index (κ3) is 4.19. The summed E-state index contributed by atoms with van der Waals surface area (Å²) in [6.07, 6.45) is 1.77. The summed E-state index contributed by atoms with van der Waals surface area (Å²) in [5.41, 5.74) is 1.28. The number of piperidine rings is 1. The summed E-state index contributed by atoms with van der Waals surface area (Å²) >= 11 is 0. The maximum Gasteiger partial charge on any atom is 0.326 e. The Morgan fingerprint density at radius 2 is 1.88 bits per heavy atom. The van der Waals surface area contributed by atoms with Crippen LogP contribution in [0.25, 0.3) is 0 Å². The summed E-state index contributed by atoms with van der Waals surface area (Å²) in [6.45, 7) is 3.01. The molecule has 1 amide bonds. The van der Waals surface area contributed by atoms with Gasteiger partial charge in [0, 0.05) is 32.5 Å². The van der Waals surface area contributed by atoms with Gasteiger partial charge < -0.3 is 14.7 Å². The van der Waals surface area contributed by atoms with E-state index in [4.69, 9.17) is 4.74 Å². The first kappa shape index (κ1) is 17.9. The number of carboxylic acids is 1. The zero-order chi connectivity index (χ0) is 17.8. The van der Waals surface area contributed by atoms with E-state index in [1.54, 1.807) is 7.11 Å². The maximum atomic E-state index is 12.8. The van der Waals surface area contributed by atoms with Gasteiger partial charge in [0.15, 0.2) is 0 Å². The highest BCUT2D eigenvalue weighted by molar-refractivity contribution is 5.86. The molecule has 2 aliphatic heterocycles. The number of likely N-dealkylation sites (tertiary alicyclic amines) is 2. The summed E-state index contributed by atoms with van der Waals surface area (Å²) < 4.78 is 5.28. The van der Waals surface area contributed by atoms with Crippen LogP contribution >= 0.6 is 0 Å². The quantitative estimate of drug-likeness (QED) is 0.877. The second-order valence-corrected chi connectivity index (χ2v) is 6.97. The minimum Gasteiger partial charge on any atom is -0.480 e. The highest BCUT2D eigenvalue weighted by atomic mass is 16.5. The van der Waals surface area contributed by atoms with Gasteiger partial charge in [-0.3, -0.25) is 9.69 Å². The van der Waals surface area contributed by atoms with Gasteiger partial charge in [-0.15, -0.1) is 0 Å². The zero-order valence-electron chi connectivity index (χ0n) is 14.6. The number of amides is 1. The first-order valence-electron chi connectivity index (χ1n) is 8.91. The van der Waals surface area contributed by atoms with Crippen LogP contribution in [0.2, 0.25) is 0 Å². The van der Waals surface area contributed by atoms with E-state index in [0.29, 0.717) is 13.0 Å². The largest absolute Gasteiger partial charge is 0.480 e. The van der Waals surface area contributed by atoms with Crippen molar-refractivity contribution in [1.82, 2.24) is 9.80 Å². The van der Waals surface area contributed by atoms with Crippen molar-refractivity contribution in [2.45, 2.75) is 38.0 Å². The monoisotopic (exact) mass is 346 g/mol. The highest BCUT2D eigenvalue weighted by Crippen LogP contribution is 2.27. The number of ether oxygens (including phenoxy) is 1. The van der Waals surface area contributed by atoms with Crippen LogP contribution in [0.4, 0.5) is 0 Å². The Morgan fingerprint density at radius 3 is 2.48 bits per heavy atom. The molecule has 1 N–H and O–H groups in total. The van der Waals surface area contributed by atoms with Gasteiger partial charge in [0.2, 0.25) is 5.91 Å². The van der Waals surface area contributed by atoms with Gasteiger partial charge in [0.05, 0.1) is 6.10 Å². The van der Waals surface area contributed by atoms with Crippen LogP contribution < -0.4 is 0 Å². The Labute approximate surface area is 148 Å². The number of carbonyl (C=O) groups is 2. The van der Waals surface area contributed by atoms with Crippen molar-refractivity contribution in [3.8, 4) is 0 Å². The molecule has 136 valence electrons. The number of carboxylic acid groups (broad SMARTS) is 1. The predicted molar refractivity (Wildman–Crippen MR) is 93.0 cm³/mol. The van der Waals surface area contributed by atoms with Crippen molar-refractivity contribution in [2.75, 3.05) is 26.7 Å². The van der Waals surface area contributed by atoms with Crippen molar-refractivity contribution in [2.24, 2.45) is 5.92 Å². The third-order valence-electron chi connectivity index (χ3n) is 5.35. The standard InChI is InChI=1S/C19H26N2O4/c1-25-16-11-17(19(23)24)21(13-16)18(22)15-7-9-20(10-8-15)12-14-5-3-2-4-6-14/h2-6,15-17H,7-13H2,1H3,(H,23,24). The first-order valence-corrected chi connectivity index (χ1v) is 8.91. The van der Waals surface area contributed by atoms with Crippen molar-refractivity contribution < 1.29 is 19.4 Å². The van der Waals surface area contributed by atoms with Crippen molar-refractivity contribution >= 4 is 11.9 Å². The molecule has 25 heavy (non-hydrogen) atoms. The summed E-state index contributed by atoms with van der Waals surface area (Å²) in [5, 5.41) is 9.39. The number of nitrogens with zero attached hydrogens (tertiary/aromatic N) is 2. The Bertz CT molecular complexity index is 599. The molecule has 0 aliphatic carbocycles. The third-order valence-corrected chi connectivity index (χ3v) is 5.35. The summed E-state index contributed by atoms with van der Waals surface area (Å²) in [4.78, 5) is 28.2. The predicted octanol–water partition coefficient (Wildman–Crippen LogP) is 1.60. The molecule has 0 radical (unpaired) electrons. The Hall–Kier alpha value is -1.92. The fourth-order valence-corrected chi connectivity index (χ4v) is 3.86. The first-order chi connectivity index (χ1) is 12.1. The normalized spacial score (nSPS) is 25.2. The molecule has 2 heterocycles. The lowest BCUT2D eigenvalue weighted by Crippen LogP contribution is -2.46. The van der Waals surface area contributed by atoms with E-state index < -0.39 is 12.0 Å². The zero-order valence-corrected chi connectivity index (χ0v) is 14.6. The lowest BCUT2D eigenvalue weighted by atomic mass is 9.94. The van der Waals surface area contributed by atoms with Crippen LogP contribution in [0.15, 0.2) is 30.3 Å².